The monoisotopic (exact) mass is 486 g/mol. The molecule has 4 nitrogen and oxygen atoms in total. The van der Waals surface area contributed by atoms with E-state index in [-0.39, 0.29) is 39.6 Å². The van der Waals surface area contributed by atoms with Gasteiger partial charge in [-0.05, 0) is 109 Å². The number of hydrogen-bond acceptors (Lipinski definition) is 3. The van der Waals surface area contributed by atoms with Gasteiger partial charge in [0.05, 0.1) is 6.10 Å². The lowest BCUT2D eigenvalue weighted by atomic mass is 9.33. The van der Waals surface area contributed by atoms with Gasteiger partial charge in [-0.2, -0.15) is 0 Å². The maximum atomic E-state index is 12.8. The SMILES string of the molecule is CC1(C)CC[C@]2(C(=O)O)[C@H](O)C[C@]3(C)C(=CC[C@@H]4[C@@]5(C)CC[C@H](CO)C(C)(C)[C@@H]5CC[C@]43C)[C@@H]2C1. The van der Waals surface area contributed by atoms with Crippen LogP contribution < -0.4 is 0 Å². The molecule has 0 bridgehead atoms. The number of aliphatic hydroxyl groups is 2. The normalized spacial score (nSPS) is 52.3. The van der Waals surface area contributed by atoms with Crippen molar-refractivity contribution in [3.63, 3.8) is 0 Å². The molecule has 0 aromatic rings. The predicted octanol–water partition coefficient (Wildman–Crippen LogP) is 6.45. The summed E-state index contributed by atoms with van der Waals surface area (Å²) in [5, 5.41) is 32.4. The predicted molar refractivity (Wildman–Crippen MR) is 139 cm³/mol. The van der Waals surface area contributed by atoms with E-state index in [1.807, 2.05) is 0 Å². The zero-order chi connectivity index (χ0) is 25.8. The molecule has 4 fully saturated rings. The van der Waals surface area contributed by atoms with Crippen LogP contribution in [0, 0.1) is 56.2 Å². The van der Waals surface area contributed by atoms with Crippen molar-refractivity contribution < 1.29 is 20.1 Å². The maximum absolute atomic E-state index is 12.8. The van der Waals surface area contributed by atoms with Gasteiger partial charge < -0.3 is 15.3 Å². The summed E-state index contributed by atoms with van der Waals surface area (Å²) >= 11 is 0. The number of rotatable bonds is 2. The summed E-state index contributed by atoms with van der Waals surface area (Å²) < 4.78 is 0. The number of carboxylic acids is 1. The molecule has 0 aromatic carbocycles. The van der Waals surface area contributed by atoms with E-state index in [1.165, 1.54) is 5.57 Å². The highest BCUT2D eigenvalue weighted by Gasteiger charge is 2.71. The average Bonchev–Trinajstić information content (AvgIpc) is 2.73. The molecule has 0 amide bonds. The molecule has 0 heterocycles. The van der Waals surface area contributed by atoms with E-state index in [4.69, 9.17) is 0 Å². The Bertz CT molecular complexity index is 934. The summed E-state index contributed by atoms with van der Waals surface area (Å²) in [5.41, 5.74) is 0.595. The molecule has 0 saturated heterocycles. The van der Waals surface area contributed by atoms with Crippen molar-refractivity contribution in [1.29, 1.82) is 0 Å². The van der Waals surface area contributed by atoms with Gasteiger partial charge in [0, 0.05) is 6.61 Å². The Hall–Kier alpha value is -0.870. The number of carbonyl (C=O) groups is 1. The second-order valence-electron chi connectivity index (χ2n) is 15.5. The number of hydrogen-bond donors (Lipinski definition) is 3. The number of aliphatic hydroxyl groups excluding tert-OH is 2. The van der Waals surface area contributed by atoms with Gasteiger partial charge in [-0.15, -0.1) is 0 Å². The molecule has 0 radical (unpaired) electrons. The highest BCUT2D eigenvalue weighted by Crippen LogP contribution is 2.76. The molecule has 5 aliphatic rings. The summed E-state index contributed by atoms with van der Waals surface area (Å²) in [6.45, 7) is 17.0. The number of carboxylic acid groups (broad SMARTS) is 1. The minimum atomic E-state index is -1.04. The van der Waals surface area contributed by atoms with Gasteiger partial charge in [0.2, 0.25) is 0 Å². The van der Waals surface area contributed by atoms with E-state index < -0.39 is 17.5 Å². The smallest absolute Gasteiger partial charge is 0.312 e. The fourth-order valence-corrected chi connectivity index (χ4v) is 11.1. The summed E-state index contributed by atoms with van der Waals surface area (Å²) in [7, 11) is 0. The van der Waals surface area contributed by atoms with Crippen LogP contribution in [0.2, 0.25) is 0 Å². The molecule has 0 aromatic heterocycles. The maximum Gasteiger partial charge on any atom is 0.312 e. The molecule has 5 aliphatic carbocycles. The molecular formula is C31H50O4. The Labute approximate surface area is 213 Å². The molecule has 5 rings (SSSR count). The Kier molecular flexibility index (Phi) is 5.59. The first kappa shape index (κ1) is 25.8. The van der Waals surface area contributed by atoms with Gasteiger partial charge in [-0.1, -0.05) is 60.1 Å². The molecule has 3 N–H and O–H groups in total. The lowest BCUT2D eigenvalue weighted by molar-refractivity contribution is -0.214. The van der Waals surface area contributed by atoms with Crippen molar-refractivity contribution in [2.45, 2.75) is 112 Å². The van der Waals surface area contributed by atoms with Crippen molar-refractivity contribution in [3.05, 3.63) is 11.6 Å². The molecule has 4 saturated carbocycles. The Morgan fingerprint density at radius 2 is 1.63 bits per heavy atom. The molecule has 35 heavy (non-hydrogen) atoms. The van der Waals surface area contributed by atoms with E-state index in [9.17, 15) is 20.1 Å². The van der Waals surface area contributed by atoms with Gasteiger partial charge in [0.15, 0.2) is 0 Å². The van der Waals surface area contributed by atoms with E-state index in [2.05, 4.69) is 54.5 Å². The first-order valence-electron chi connectivity index (χ1n) is 14.3. The molecular weight excluding hydrogens is 436 g/mol. The van der Waals surface area contributed by atoms with Crippen LogP contribution in [0.3, 0.4) is 0 Å². The molecule has 0 unspecified atom stereocenters. The van der Waals surface area contributed by atoms with Crippen LogP contribution in [0.4, 0.5) is 0 Å². The van der Waals surface area contributed by atoms with E-state index in [0.717, 1.165) is 44.9 Å². The van der Waals surface area contributed by atoms with Crippen LogP contribution in [0.1, 0.15) is 106 Å². The van der Waals surface area contributed by atoms with Crippen molar-refractivity contribution in [2.75, 3.05) is 6.61 Å². The lowest BCUT2D eigenvalue weighted by Crippen LogP contribution is -2.67. The van der Waals surface area contributed by atoms with Gasteiger partial charge in [-0.3, -0.25) is 4.79 Å². The molecule has 9 atom stereocenters. The summed E-state index contributed by atoms with van der Waals surface area (Å²) in [6.07, 6.45) is 10.1. The van der Waals surface area contributed by atoms with Crippen LogP contribution in [-0.4, -0.2) is 34.0 Å². The van der Waals surface area contributed by atoms with Crippen LogP contribution in [0.15, 0.2) is 11.6 Å². The second kappa shape index (κ2) is 7.59. The van der Waals surface area contributed by atoms with Crippen LogP contribution in [0.5, 0.6) is 0 Å². The minimum Gasteiger partial charge on any atom is -0.481 e. The van der Waals surface area contributed by atoms with Crippen LogP contribution in [-0.2, 0) is 4.79 Å². The highest BCUT2D eigenvalue weighted by atomic mass is 16.4. The largest absolute Gasteiger partial charge is 0.481 e. The topological polar surface area (TPSA) is 77.8 Å². The molecule has 4 heteroatoms. The molecule has 0 aliphatic heterocycles. The van der Waals surface area contributed by atoms with Crippen LogP contribution >= 0.6 is 0 Å². The number of allylic oxidation sites excluding steroid dienone is 2. The fourth-order valence-electron chi connectivity index (χ4n) is 11.1. The van der Waals surface area contributed by atoms with Crippen molar-refractivity contribution in [1.82, 2.24) is 0 Å². The van der Waals surface area contributed by atoms with E-state index >= 15 is 0 Å². The highest BCUT2D eigenvalue weighted by molar-refractivity contribution is 5.77. The molecule has 198 valence electrons. The Morgan fingerprint density at radius 1 is 0.943 bits per heavy atom. The standard InChI is InChI=1S/C31H50O4/c1-26(2)14-15-31(25(34)35)21(16-26)20-8-9-23-28(5)12-10-19(18-32)27(3,4)22(28)11-13-29(23,6)30(20,7)17-24(31)33/h8,19,21-24,32-33H,9-18H2,1-7H3,(H,34,35)/t19-,21+,22+,23-,24-,28+,29-,30-,31-/m1/s1. The average molecular weight is 487 g/mol. The zero-order valence-corrected chi connectivity index (χ0v) is 23.3. The van der Waals surface area contributed by atoms with Gasteiger partial charge in [-0.25, -0.2) is 0 Å². The summed E-state index contributed by atoms with van der Waals surface area (Å²) in [5.74, 6) is 0.593. The van der Waals surface area contributed by atoms with E-state index in [1.54, 1.807) is 0 Å². The van der Waals surface area contributed by atoms with Crippen molar-refractivity contribution >= 4 is 5.97 Å². The van der Waals surface area contributed by atoms with Crippen LogP contribution in [0.25, 0.3) is 0 Å². The lowest BCUT2D eigenvalue weighted by Gasteiger charge is -2.71. The van der Waals surface area contributed by atoms with Crippen molar-refractivity contribution in [2.24, 2.45) is 56.2 Å². The van der Waals surface area contributed by atoms with Gasteiger partial charge in [0.25, 0.3) is 0 Å². The quantitative estimate of drug-likeness (QED) is 0.392. The third-order valence-electron chi connectivity index (χ3n) is 13.6. The van der Waals surface area contributed by atoms with Crippen molar-refractivity contribution in [3.8, 4) is 0 Å². The first-order chi connectivity index (χ1) is 16.1. The van der Waals surface area contributed by atoms with Gasteiger partial charge >= 0.3 is 5.97 Å². The third-order valence-corrected chi connectivity index (χ3v) is 13.6. The number of aliphatic carboxylic acids is 1. The zero-order valence-electron chi connectivity index (χ0n) is 23.3. The molecule has 0 spiro atoms. The Balaban J connectivity index is 1.61. The summed E-state index contributed by atoms with van der Waals surface area (Å²) in [6, 6.07) is 0. The second-order valence-corrected chi connectivity index (χ2v) is 15.5. The number of fused-ring (bicyclic) bond motifs is 7. The van der Waals surface area contributed by atoms with Gasteiger partial charge in [0.1, 0.15) is 5.41 Å². The Morgan fingerprint density at radius 3 is 2.26 bits per heavy atom. The summed E-state index contributed by atoms with van der Waals surface area (Å²) in [4.78, 5) is 12.8. The first-order valence-corrected chi connectivity index (χ1v) is 14.3. The fraction of sp³-hybridized carbons (Fsp3) is 0.903. The third kappa shape index (κ3) is 3.08. The minimum absolute atomic E-state index is 0.0394. The van der Waals surface area contributed by atoms with E-state index in [0.29, 0.717) is 30.6 Å².